The SMILES string of the molecule is COc1ccc(Nc2nn(CN3CCC[C@@H]3c3cccs3)c(=S)s2)cc1. The van der Waals surface area contributed by atoms with Crippen LogP contribution in [0.15, 0.2) is 41.8 Å². The Labute approximate surface area is 165 Å². The quantitative estimate of drug-likeness (QED) is 0.566. The highest BCUT2D eigenvalue weighted by atomic mass is 32.1. The molecular formula is C18H20N4OS3. The predicted molar refractivity (Wildman–Crippen MR) is 110 cm³/mol. The van der Waals surface area contributed by atoms with Crippen LogP contribution in [0.3, 0.4) is 0 Å². The number of likely N-dealkylation sites (tertiary alicyclic amines) is 1. The van der Waals surface area contributed by atoms with E-state index in [0.29, 0.717) is 6.04 Å². The van der Waals surface area contributed by atoms with Crippen molar-refractivity contribution in [3.8, 4) is 5.75 Å². The van der Waals surface area contributed by atoms with Gasteiger partial charge in [-0.05, 0) is 60.8 Å². The normalized spacial score (nSPS) is 17.5. The molecule has 1 aromatic carbocycles. The van der Waals surface area contributed by atoms with Gasteiger partial charge in [0.2, 0.25) is 5.13 Å². The molecule has 2 aromatic heterocycles. The molecule has 3 heterocycles. The smallest absolute Gasteiger partial charge is 0.209 e. The monoisotopic (exact) mass is 404 g/mol. The molecule has 136 valence electrons. The van der Waals surface area contributed by atoms with E-state index in [-0.39, 0.29) is 0 Å². The third-order valence-corrected chi connectivity index (χ3v) is 6.70. The molecule has 0 unspecified atom stereocenters. The molecular weight excluding hydrogens is 384 g/mol. The number of rotatable bonds is 6. The minimum atomic E-state index is 0.483. The summed E-state index contributed by atoms with van der Waals surface area (Å²) in [4.78, 5) is 3.90. The molecule has 0 amide bonds. The number of nitrogens with one attached hydrogen (secondary N) is 1. The molecule has 1 aliphatic heterocycles. The van der Waals surface area contributed by atoms with Gasteiger partial charge in [-0.2, -0.15) is 0 Å². The summed E-state index contributed by atoms with van der Waals surface area (Å²) in [6.07, 6.45) is 2.42. The van der Waals surface area contributed by atoms with Crippen LogP contribution < -0.4 is 10.1 Å². The summed E-state index contributed by atoms with van der Waals surface area (Å²) in [6.45, 7) is 1.82. The Morgan fingerprint density at radius 1 is 1.31 bits per heavy atom. The summed E-state index contributed by atoms with van der Waals surface area (Å²) in [6, 6.07) is 12.6. The third-order valence-electron chi connectivity index (χ3n) is 4.50. The van der Waals surface area contributed by atoms with Gasteiger partial charge in [0.1, 0.15) is 5.75 Å². The third kappa shape index (κ3) is 3.83. The van der Waals surface area contributed by atoms with Crippen LogP contribution in [0.2, 0.25) is 0 Å². The molecule has 1 atom stereocenters. The van der Waals surface area contributed by atoms with Gasteiger partial charge in [-0.25, -0.2) is 4.68 Å². The maximum Gasteiger partial charge on any atom is 0.209 e. The average molecular weight is 405 g/mol. The first-order valence-corrected chi connectivity index (χ1v) is 10.6. The fourth-order valence-electron chi connectivity index (χ4n) is 3.21. The van der Waals surface area contributed by atoms with Crippen molar-refractivity contribution in [1.29, 1.82) is 0 Å². The Morgan fingerprint density at radius 3 is 2.88 bits per heavy atom. The summed E-state index contributed by atoms with van der Waals surface area (Å²) in [7, 11) is 1.66. The zero-order valence-corrected chi connectivity index (χ0v) is 16.9. The van der Waals surface area contributed by atoms with Gasteiger partial charge in [-0.15, -0.1) is 16.4 Å². The van der Waals surface area contributed by atoms with Gasteiger partial charge in [-0.1, -0.05) is 17.4 Å². The second-order valence-corrected chi connectivity index (χ2v) is 8.76. The zero-order chi connectivity index (χ0) is 17.9. The minimum absolute atomic E-state index is 0.483. The molecule has 1 N–H and O–H groups in total. The van der Waals surface area contributed by atoms with Crippen LogP contribution in [0, 0.1) is 3.95 Å². The molecule has 1 fully saturated rings. The predicted octanol–water partition coefficient (Wildman–Crippen LogP) is 5.28. The molecule has 0 spiro atoms. The molecule has 0 radical (unpaired) electrons. The fraction of sp³-hybridized carbons (Fsp3) is 0.333. The van der Waals surface area contributed by atoms with E-state index in [0.717, 1.165) is 33.7 Å². The molecule has 1 saturated heterocycles. The highest BCUT2D eigenvalue weighted by Gasteiger charge is 2.27. The van der Waals surface area contributed by atoms with E-state index in [4.69, 9.17) is 17.0 Å². The molecule has 0 aliphatic carbocycles. The number of methoxy groups -OCH3 is 1. The molecule has 26 heavy (non-hydrogen) atoms. The van der Waals surface area contributed by atoms with E-state index in [1.807, 2.05) is 40.3 Å². The second kappa shape index (κ2) is 7.87. The zero-order valence-electron chi connectivity index (χ0n) is 14.4. The lowest BCUT2D eigenvalue weighted by Crippen LogP contribution is -2.26. The van der Waals surface area contributed by atoms with Crippen LogP contribution in [-0.2, 0) is 6.67 Å². The molecule has 3 aromatic rings. The number of ether oxygens (including phenoxy) is 1. The van der Waals surface area contributed by atoms with E-state index in [9.17, 15) is 0 Å². The molecule has 5 nitrogen and oxygen atoms in total. The van der Waals surface area contributed by atoms with Crippen LogP contribution in [0.25, 0.3) is 0 Å². The molecule has 4 rings (SSSR count). The van der Waals surface area contributed by atoms with Crippen molar-refractivity contribution in [2.45, 2.75) is 25.6 Å². The summed E-state index contributed by atoms with van der Waals surface area (Å²) < 4.78 is 7.91. The van der Waals surface area contributed by atoms with Crippen molar-refractivity contribution >= 4 is 45.7 Å². The van der Waals surface area contributed by atoms with Gasteiger partial charge in [-0.3, -0.25) is 4.90 Å². The Morgan fingerprint density at radius 2 is 2.15 bits per heavy atom. The van der Waals surface area contributed by atoms with E-state index in [2.05, 4.69) is 32.8 Å². The lowest BCUT2D eigenvalue weighted by atomic mass is 10.2. The van der Waals surface area contributed by atoms with E-state index < -0.39 is 0 Å². The van der Waals surface area contributed by atoms with Crippen molar-refractivity contribution in [1.82, 2.24) is 14.7 Å². The number of hydrogen-bond donors (Lipinski definition) is 1. The summed E-state index contributed by atoms with van der Waals surface area (Å²) >= 11 is 8.87. The molecule has 8 heteroatoms. The average Bonchev–Trinajstić information content (AvgIpc) is 3.38. The first kappa shape index (κ1) is 17.7. The number of nitrogens with zero attached hydrogens (tertiary/aromatic N) is 3. The maximum atomic E-state index is 5.54. The summed E-state index contributed by atoms with van der Waals surface area (Å²) in [5.74, 6) is 0.836. The Hall–Kier alpha value is -1.74. The van der Waals surface area contributed by atoms with E-state index in [1.54, 1.807) is 7.11 Å². The van der Waals surface area contributed by atoms with E-state index in [1.165, 1.54) is 29.1 Å². The highest BCUT2D eigenvalue weighted by Crippen LogP contribution is 2.35. The van der Waals surface area contributed by atoms with Gasteiger partial charge in [0.15, 0.2) is 3.95 Å². The van der Waals surface area contributed by atoms with Crippen LogP contribution in [0.5, 0.6) is 5.75 Å². The number of aromatic nitrogens is 2. The minimum Gasteiger partial charge on any atom is -0.497 e. The topological polar surface area (TPSA) is 42.3 Å². The molecule has 0 saturated carbocycles. The van der Waals surface area contributed by atoms with Crippen LogP contribution in [0.1, 0.15) is 23.8 Å². The number of hydrogen-bond acceptors (Lipinski definition) is 7. The first-order chi connectivity index (χ1) is 12.7. The molecule has 0 bridgehead atoms. The van der Waals surface area contributed by atoms with Gasteiger partial charge in [0, 0.05) is 23.2 Å². The first-order valence-electron chi connectivity index (χ1n) is 8.49. The van der Waals surface area contributed by atoms with Crippen molar-refractivity contribution in [3.63, 3.8) is 0 Å². The van der Waals surface area contributed by atoms with Gasteiger partial charge >= 0.3 is 0 Å². The maximum absolute atomic E-state index is 5.54. The van der Waals surface area contributed by atoms with Gasteiger partial charge in [0.05, 0.1) is 13.8 Å². The highest BCUT2D eigenvalue weighted by molar-refractivity contribution is 7.73. The second-order valence-electron chi connectivity index (χ2n) is 6.15. The largest absolute Gasteiger partial charge is 0.497 e. The number of thiophene rings is 1. The number of anilines is 2. The van der Waals surface area contributed by atoms with Gasteiger partial charge in [0.25, 0.3) is 0 Å². The fourth-order valence-corrected chi connectivity index (χ4v) is 5.12. The Balaban J connectivity index is 1.47. The van der Waals surface area contributed by atoms with Crippen molar-refractivity contribution in [3.05, 3.63) is 50.6 Å². The van der Waals surface area contributed by atoms with Crippen LogP contribution in [0.4, 0.5) is 10.8 Å². The Kier molecular flexibility index (Phi) is 5.35. The van der Waals surface area contributed by atoms with Crippen LogP contribution >= 0.6 is 34.9 Å². The van der Waals surface area contributed by atoms with Crippen molar-refractivity contribution in [2.75, 3.05) is 19.0 Å². The number of benzene rings is 1. The van der Waals surface area contributed by atoms with E-state index >= 15 is 0 Å². The standard InChI is InChI=1S/C18H20N4OS3/c1-23-14-8-6-13(7-9-14)19-17-20-22(18(24)26-17)12-21-10-2-4-15(21)16-5-3-11-25-16/h3,5-9,11,15H,2,4,10,12H2,1H3,(H,19,20)/t15-/m1/s1. The van der Waals surface area contributed by atoms with Gasteiger partial charge < -0.3 is 10.1 Å². The summed E-state index contributed by atoms with van der Waals surface area (Å²) in [5, 5.41) is 11.0. The lowest BCUT2D eigenvalue weighted by Gasteiger charge is -2.23. The summed E-state index contributed by atoms with van der Waals surface area (Å²) in [5.41, 5.74) is 0.972. The van der Waals surface area contributed by atoms with Crippen molar-refractivity contribution in [2.24, 2.45) is 0 Å². The van der Waals surface area contributed by atoms with Crippen LogP contribution in [-0.4, -0.2) is 28.3 Å². The Bertz CT molecular complexity index is 901. The molecule has 1 aliphatic rings. The van der Waals surface area contributed by atoms with Crippen molar-refractivity contribution < 1.29 is 4.74 Å². The lowest BCUT2D eigenvalue weighted by molar-refractivity contribution is 0.193.